The number of hydrogen-bond donors (Lipinski definition) is 1. The smallest absolute Gasteiger partial charge is 0.337 e. The molecule has 1 saturated heterocycles. The van der Waals surface area contributed by atoms with Crippen LogP contribution in [-0.2, 0) is 36.9 Å². The minimum Gasteiger partial charge on any atom is -0.467 e. The van der Waals surface area contributed by atoms with E-state index in [1.54, 1.807) is 36.4 Å². The summed E-state index contributed by atoms with van der Waals surface area (Å²) >= 11 is 0. The van der Waals surface area contributed by atoms with Gasteiger partial charge in [0, 0.05) is 19.5 Å². The minimum atomic E-state index is -0.605. The van der Waals surface area contributed by atoms with E-state index in [2.05, 4.69) is 10.1 Å². The molecule has 1 aromatic heterocycles. The number of benzene rings is 1. The number of nitrogens with zero attached hydrogens (tertiary/aromatic N) is 1. The van der Waals surface area contributed by atoms with Gasteiger partial charge in [0.15, 0.2) is 6.61 Å². The van der Waals surface area contributed by atoms with Crippen molar-refractivity contribution in [3.05, 3.63) is 59.5 Å². The minimum absolute atomic E-state index is 0.0493. The van der Waals surface area contributed by atoms with Crippen molar-refractivity contribution in [2.24, 2.45) is 5.92 Å². The van der Waals surface area contributed by atoms with Crippen LogP contribution in [0.1, 0.15) is 28.1 Å². The first kappa shape index (κ1) is 21.1. The molecule has 1 aliphatic heterocycles. The fraction of sp³-hybridized carbons (Fsp3) is 0.333. The van der Waals surface area contributed by atoms with Gasteiger partial charge in [0.2, 0.25) is 5.91 Å². The van der Waals surface area contributed by atoms with Crippen LogP contribution in [0.4, 0.5) is 0 Å². The van der Waals surface area contributed by atoms with Crippen LogP contribution >= 0.6 is 0 Å². The van der Waals surface area contributed by atoms with E-state index < -0.39 is 30.4 Å². The molecular formula is C21H22N2O7. The van der Waals surface area contributed by atoms with Gasteiger partial charge >= 0.3 is 11.9 Å². The van der Waals surface area contributed by atoms with Crippen LogP contribution in [0.3, 0.4) is 0 Å². The lowest BCUT2D eigenvalue weighted by Gasteiger charge is -2.14. The molecule has 0 aliphatic carbocycles. The van der Waals surface area contributed by atoms with Crippen molar-refractivity contribution in [1.29, 1.82) is 0 Å². The number of esters is 2. The Bertz CT molecular complexity index is 906. The van der Waals surface area contributed by atoms with Gasteiger partial charge in [-0.3, -0.25) is 14.4 Å². The number of hydrogen-bond acceptors (Lipinski definition) is 7. The van der Waals surface area contributed by atoms with Gasteiger partial charge in [-0.25, -0.2) is 4.79 Å². The van der Waals surface area contributed by atoms with Crippen LogP contribution in [0.25, 0.3) is 0 Å². The van der Waals surface area contributed by atoms with Crippen LogP contribution in [-0.4, -0.2) is 48.9 Å². The highest BCUT2D eigenvalue weighted by atomic mass is 16.5. The predicted molar refractivity (Wildman–Crippen MR) is 103 cm³/mol. The molecule has 0 bridgehead atoms. The van der Waals surface area contributed by atoms with Gasteiger partial charge in [0.1, 0.15) is 5.76 Å². The SMILES string of the molecule is COC(=O)c1ccc(CNC(=O)COC(=O)[C@@H]2CC(=O)N(Cc3ccco3)C2)cc1. The number of carbonyl (C=O) groups is 4. The van der Waals surface area contributed by atoms with Gasteiger partial charge in [0.05, 0.1) is 31.4 Å². The highest BCUT2D eigenvalue weighted by molar-refractivity contribution is 5.89. The maximum atomic E-state index is 12.2. The molecule has 2 heterocycles. The summed E-state index contributed by atoms with van der Waals surface area (Å²) in [7, 11) is 1.30. The zero-order valence-corrected chi connectivity index (χ0v) is 16.5. The molecule has 2 aromatic rings. The van der Waals surface area contributed by atoms with E-state index >= 15 is 0 Å². The normalized spacial score (nSPS) is 15.7. The topological polar surface area (TPSA) is 115 Å². The van der Waals surface area contributed by atoms with Crippen molar-refractivity contribution in [1.82, 2.24) is 10.2 Å². The summed E-state index contributed by atoms with van der Waals surface area (Å²) in [5, 5.41) is 2.63. The zero-order chi connectivity index (χ0) is 21.5. The zero-order valence-electron chi connectivity index (χ0n) is 16.5. The van der Waals surface area contributed by atoms with E-state index in [0.29, 0.717) is 17.9 Å². The summed E-state index contributed by atoms with van der Waals surface area (Å²) in [6.45, 7) is 0.316. The van der Waals surface area contributed by atoms with Crippen LogP contribution in [0.15, 0.2) is 47.1 Å². The van der Waals surface area contributed by atoms with Crippen LogP contribution in [0, 0.1) is 5.92 Å². The van der Waals surface area contributed by atoms with Crippen molar-refractivity contribution in [3.8, 4) is 0 Å². The van der Waals surface area contributed by atoms with E-state index in [4.69, 9.17) is 9.15 Å². The molecule has 1 N–H and O–H groups in total. The molecule has 1 aliphatic rings. The van der Waals surface area contributed by atoms with Crippen molar-refractivity contribution in [2.75, 3.05) is 20.3 Å². The van der Waals surface area contributed by atoms with Crippen LogP contribution in [0.2, 0.25) is 0 Å². The number of ether oxygens (including phenoxy) is 2. The van der Waals surface area contributed by atoms with E-state index in [-0.39, 0.29) is 25.4 Å². The Morgan fingerprint density at radius 3 is 2.63 bits per heavy atom. The molecule has 9 heteroatoms. The first-order valence-corrected chi connectivity index (χ1v) is 9.37. The van der Waals surface area contributed by atoms with E-state index in [1.165, 1.54) is 18.3 Å². The Balaban J connectivity index is 1.39. The average molecular weight is 414 g/mol. The van der Waals surface area contributed by atoms with Crippen LogP contribution < -0.4 is 5.32 Å². The number of furan rings is 1. The average Bonchev–Trinajstić information content (AvgIpc) is 3.40. The van der Waals surface area contributed by atoms with Crippen molar-refractivity contribution >= 4 is 23.8 Å². The van der Waals surface area contributed by atoms with Crippen LogP contribution in [0.5, 0.6) is 0 Å². The Labute approximate surface area is 172 Å². The molecule has 2 amide bonds. The fourth-order valence-corrected chi connectivity index (χ4v) is 3.06. The maximum absolute atomic E-state index is 12.2. The summed E-state index contributed by atoms with van der Waals surface area (Å²) in [6, 6.07) is 10.1. The quantitative estimate of drug-likeness (QED) is 0.647. The summed E-state index contributed by atoms with van der Waals surface area (Å²) in [5.41, 5.74) is 1.19. The van der Waals surface area contributed by atoms with Gasteiger partial charge in [-0.05, 0) is 29.8 Å². The maximum Gasteiger partial charge on any atom is 0.337 e. The lowest BCUT2D eigenvalue weighted by Crippen LogP contribution is -2.31. The molecule has 0 spiro atoms. The number of likely N-dealkylation sites (tertiary alicyclic amines) is 1. The summed E-state index contributed by atoms with van der Waals surface area (Å²) in [4.78, 5) is 49.1. The second kappa shape index (κ2) is 9.73. The molecule has 0 saturated carbocycles. The highest BCUT2D eigenvalue weighted by Gasteiger charge is 2.35. The molecule has 1 fully saturated rings. The Hall–Kier alpha value is -3.62. The molecule has 9 nitrogen and oxygen atoms in total. The van der Waals surface area contributed by atoms with Crippen molar-refractivity contribution in [3.63, 3.8) is 0 Å². The molecular weight excluding hydrogens is 392 g/mol. The first-order valence-electron chi connectivity index (χ1n) is 9.37. The number of carbonyl (C=O) groups excluding carboxylic acids is 4. The standard InChI is InChI=1S/C21H22N2O7/c1-28-20(26)15-6-4-14(5-7-15)10-22-18(24)13-30-21(27)16-9-19(25)23(11-16)12-17-3-2-8-29-17/h2-8,16H,9-13H2,1H3,(H,22,24)/t16-/m1/s1. The van der Waals surface area contributed by atoms with Gasteiger partial charge in [-0.1, -0.05) is 12.1 Å². The van der Waals surface area contributed by atoms with E-state index in [0.717, 1.165) is 5.56 Å². The molecule has 1 aromatic carbocycles. The molecule has 158 valence electrons. The highest BCUT2D eigenvalue weighted by Crippen LogP contribution is 2.21. The second-order valence-corrected chi connectivity index (χ2v) is 6.83. The largest absolute Gasteiger partial charge is 0.467 e. The lowest BCUT2D eigenvalue weighted by molar-refractivity contribution is -0.152. The summed E-state index contributed by atoms with van der Waals surface area (Å²) < 4.78 is 14.9. The van der Waals surface area contributed by atoms with Crippen molar-refractivity contribution < 1.29 is 33.1 Å². The number of methoxy groups -OCH3 is 1. The van der Waals surface area contributed by atoms with Gasteiger partial charge < -0.3 is 24.1 Å². The lowest BCUT2D eigenvalue weighted by atomic mass is 10.1. The third-order valence-electron chi connectivity index (χ3n) is 4.68. The molecule has 0 radical (unpaired) electrons. The van der Waals surface area contributed by atoms with Gasteiger partial charge in [-0.2, -0.15) is 0 Å². The summed E-state index contributed by atoms with van der Waals surface area (Å²) in [6.07, 6.45) is 1.57. The van der Waals surface area contributed by atoms with Gasteiger partial charge in [-0.15, -0.1) is 0 Å². The molecule has 1 atom stereocenters. The first-order chi connectivity index (χ1) is 14.5. The van der Waals surface area contributed by atoms with Gasteiger partial charge in [0.25, 0.3) is 5.91 Å². The second-order valence-electron chi connectivity index (χ2n) is 6.83. The van der Waals surface area contributed by atoms with E-state index in [1.807, 2.05) is 0 Å². The molecule has 30 heavy (non-hydrogen) atoms. The summed E-state index contributed by atoms with van der Waals surface area (Å²) in [5.74, 6) is -1.61. The monoisotopic (exact) mass is 414 g/mol. The Morgan fingerprint density at radius 2 is 1.97 bits per heavy atom. The van der Waals surface area contributed by atoms with E-state index in [9.17, 15) is 19.2 Å². The number of amides is 2. The molecule has 0 unspecified atom stereocenters. The fourth-order valence-electron chi connectivity index (χ4n) is 3.06. The van der Waals surface area contributed by atoms with Crippen molar-refractivity contribution in [2.45, 2.75) is 19.5 Å². The molecule has 3 rings (SSSR count). The number of nitrogens with one attached hydrogen (secondary N) is 1. The third kappa shape index (κ3) is 5.47. The predicted octanol–water partition coefficient (Wildman–Crippen LogP) is 1.27. The number of rotatable bonds is 8. The Kier molecular flexibility index (Phi) is 6.84. The Morgan fingerprint density at radius 1 is 1.20 bits per heavy atom. The third-order valence-corrected chi connectivity index (χ3v) is 4.68.